The molecule has 24 heavy (non-hydrogen) atoms. The van der Waals surface area contributed by atoms with Crippen molar-refractivity contribution in [3.63, 3.8) is 0 Å². The Morgan fingerprint density at radius 2 is 1.96 bits per heavy atom. The summed E-state index contributed by atoms with van der Waals surface area (Å²) < 4.78 is 28.4. The van der Waals surface area contributed by atoms with E-state index < -0.39 is 10.0 Å². The molecule has 1 atom stereocenters. The number of benzene rings is 1. The molecule has 1 saturated heterocycles. The Balaban J connectivity index is 1.73. The molecular formula is C17H24N4O2S. The van der Waals surface area contributed by atoms with Gasteiger partial charge in [-0.15, -0.1) is 0 Å². The van der Waals surface area contributed by atoms with E-state index in [1.807, 2.05) is 13.0 Å². The van der Waals surface area contributed by atoms with Crippen LogP contribution in [0.5, 0.6) is 0 Å². The fraction of sp³-hybridized carbons (Fsp3) is 0.471. The van der Waals surface area contributed by atoms with Crippen LogP contribution in [0.15, 0.2) is 41.6 Å². The van der Waals surface area contributed by atoms with Gasteiger partial charge in [0.2, 0.25) is 10.0 Å². The van der Waals surface area contributed by atoms with Crippen LogP contribution >= 0.6 is 0 Å². The molecule has 7 heteroatoms. The fourth-order valence-corrected chi connectivity index (χ4v) is 4.57. The number of aromatic nitrogens is 1. The van der Waals surface area contributed by atoms with Crippen LogP contribution in [0.25, 0.3) is 10.8 Å². The zero-order chi connectivity index (χ0) is 17.2. The van der Waals surface area contributed by atoms with Crippen LogP contribution in [0, 0.1) is 0 Å². The van der Waals surface area contributed by atoms with E-state index in [-0.39, 0.29) is 6.04 Å². The molecule has 0 spiro atoms. The summed E-state index contributed by atoms with van der Waals surface area (Å²) in [6.07, 6.45) is 3.30. The number of hydrogen-bond acceptors (Lipinski definition) is 5. The second-order valence-electron chi connectivity index (χ2n) is 6.48. The minimum Gasteiger partial charge on any atom is -0.304 e. The first-order chi connectivity index (χ1) is 11.5. The van der Waals surface area contributed by atoms with E-state index in [1.165, 1.54) is 0 Å². The highest BCUT2D eigenvalue weighted by Gasteiger charge is 2.22. The van der Waals surface area contributed by atoms with Gasteiger partial charge in [0.05, 0.1) is 4.90 Å². The number of likely N-dealkylation sites (N-methyl/N-ethyl adjacent to an activating group) is 1. The third kappa shape index (κ3) is 3.92. The topological polar surface area (TPSA) is 65.5 Å². The molecule has 3 rings (SSSR count). The average molecular weight is 348 g/mol. The minimum atomic E-state index is -3.56. The standard InChI is InChI=1S/C17H24N4O2S/c1-14(13-21-10-8-20(2)9-11-21)19-24(22,23)17-5-3-4-15-12-18-7-6-16(15)17/h3-7,12,14,19H,8-11,13H2,1-2H3/t14-/m1/s1. The van der Waals surface area contributed by atoms with Gasteiger partial charge < -0.3 is 4.90 Å². The van der Waals surface area contributed by atoms with E-state index in [0.29, 0.717) is 10.3 Å². The molecule has 0 amide bonds. The maximum Gasteiger partial charge on any atom is 0.241 e. The lowest BCUT2D eigenvalue weighted by atomic mass is 10.2. The summed E-state index contributed by atoms with van der Waals surface area (Å²) in [5, 5.41) is 1.53. The third-order valence-electron chi connectivity index (χ3n) is 4.41. The van der Waals surface area contributed by atoms with Crippen molar-refractivity contribution in [1.29, 1.82) is 0 Å². The van der Waals surface area contributed by atoms with Crippen LogP contribution in [0.4, 0.5) is 0 Å². The largest absolute Gasteiger partial charge is 0.304 e. The van der Waals surface area contributed by atoms with Gasteiger partial charge in [-0.1, -0.05) is 12.1 Å². The van der Waals surface area contributed by atoms with E-state index >= 15 is 0 Å². The van der Waals surface area contributed by atoms with Crippen LogP contribution < -0.4 is 4.72 Å². The lowest BCUT2D eigenvalue weighted by Gasteiger charge is -2.34. The second kappa shape index (κ2) is 7.14. The summed E-state index contributed by atoms with van der Waals surface area (Å²) in [4.78, 5) is 8.96. The summed E-state index contributed by atoms with van der Waals surface area (Å²) in [6.45, 7) is 6.64. The summed E-state index contributed by atoms with van der Waals surface area (Å²) >= 11 is 0. The van der Waals surface area contributed by atoms with Crippen molar-refractivity contribution in [1.82, 2.24) is 19.5 Å². The van der Waals surface area contributed by atoms with E-state index in [4.69, 9.17) is 0 Å². The molecule has 1 aromatic carbocycles. The summed E-state index contributed by atoms with van der Waals surface area (Å²) in [7, 11) is -1.45. The molecule has 1 fully saturated rings. The molecule has 6 nitrogen and oxygen atoms in total. The highest BCUT2D eigenvalue weighted by Crippen LogP contribution is 2.22. The van der Waals surface area contributed by atoms with E-state index in [0.717, 1.165) is 38.1 Å². The Labute approximate surface area is 143 Å². The Hall–Kier alpha value is -1.54. The highest BCUT2D eigenvalue weighted by atomic mass is 32.2. The number of hydrogen-bond donors (Lipinski definition) is 1. The van der Waals surface area contributed by atoms with Crippen molar-refractivity contribution in [2.45, 2.75) is 17.9 Å². The first kappa shape index (κ1) is 17.3. The first-order valence-electron chi connectivity index (χ1n) is 8.22. The van der Waals surface area contributed by atoms with Crippen LogP contribution in [-0.2, 0) is 10.0 Å². The van der Waals surface area contributed by atoms with E-state index in [9.17, 15) is 8.42 Å². The normalized spacial score (nSPS) is 18.8. The minimum absolute atomic E-state index is 0.143. The van der Waals surface area contributed by atoms with Gasteiger partial charge in [0, 0.05) is 61.9 Å². The second-order valence-corrected chi connectivity index (χ2v) is 8.16. The smallest absolute Gasteiger partial charge is 0.241 e. The molecule has 130 valence electrons. The molecule has 1 aromatic heterocycles. The number of sulfonamides is 1. The number of nitrogens with one attached hydrogen (secondary N) is 1. The molecular weight excluding hydrogens is 324 g/mol. The molecule has 1 aliphatic heterocycles. The van der Waals surface area contributed by atoms with Gasteiger partial charge in [0.15, 0.2) is 0 Å². The number of fused-ring (bicyclic) bond motifs is 1. The van der Waals surface area contributed by atoms with Gasteiger partial charge in [-0.05, 0) is 26.1 Å². The van der Waals surface area contributed by atoms with Gasteiger partial charge in [0.25, 0.3) is 0 Å². The van der Waals surface area contributed by atoms with Gasteiger partial charge in [-0.3, -0.25) is 9.88 Å². The van der Waals surface area contributed by atoms with Crippen molar-refractivity contribution in [3.05, 3.63) is 36.7 Å². The van der Waals surface area contributed by atoms with E-state index in [1.54, 1.807) is 30.6 Å². The van der Waals surface area contributed by atoms with Gasteiger partial charge in [-0.25, -0.2) is 13.1 Å². The van der Waals surface area contributed by atoms with Crippen LogP contribution in [-0.4, -0.2) is 69.0 Å². The number of nitrogens with zero attached hydrogens (tertiary/aromatic N) is 3. The van der Waals surface area contributed by atoms with Crippen molar-refractivity contribution in [3.8, 4) is 0 Å². The maximum atomic E-state index is 12.8. The Bertz CT molecular complexity index is 796. The molecule has 0 unspecified atom stereocenters. The number of piperazine rings is 1. The predicted octanol–water partition coefficient (Wildman–Crippen LogP) is 1.15. The predicted molar refractivity (Wildman–Crippen MR) is 95.5 cm³/mol. The van der Waals surface area contributed by atoms with Crippen LogP contribution in [0.2, 0.25) is 0 Å². The molecule has 0 bridgehead atoms. The lowest BCUT2D eigenvalue weighted by molar-refractivity contribution is 0.147. The van der Waals surface area contributed by atoms with Crippen molar-refractivity contribution >= 4 is 20.8 Å². The van der Waals surface area contributed by atoms with Gasteiger partial charge in [-0.2, -0.15) is 0 Å². The molecule has 2 heterocycles. The first-order valence-corrected chi connectivity index (χ1v) is 9.70. The summed E-state index contributed by atoms with van der Waals surface area (Å²) in [6, 6.07) is 6.87. The van der Waals surface area contributed by atoms with Crippen molar-refractivity contribution in [2.24, 2.45) is 0 Å². The zero-order valence-electron chi connectivity index (χ0n) is 14.1. The molecule has 2 aromatic rings. The molecule has 0 saturated carbocycles. The maximum absolute atomic E-state index is 12.8. The van der Waals surface area contributed by atoms with Crippen LogP contribution in [0.1, 0.15) is 6.92 Å². The highest BCUT2D eigenvalue weighted by molar-refractivity contribution is 7.89. The van der Waals surface area contributed by atoms with Gasteiger partial charge in [0.1, 0.15) is 0 Å². The summed E-state index contributed by atoms with van der Waals surface area (Å²) in [5.41, 5.74) is 0. The Morgan fingerprint density at radius 1 is 1.21 bits per heavy atom. The Morgan fingerprint density at radius 3 is 2.71 bits per heavy atom. The number of rotatable bonds is 5. The summed E-state index contributed by atoms with van der Waals surface area (Å²) in [5.74, 6) is 0. The van der Waals surface area contributed by atoms with Gasteiger partial charge >= 0.3 is 0 Å². The zero-order valence-corrected chi connectivity index (χ0v) is 15.0. The molecule has 1 aliphatic rings. The SMILES string of the molecule is C[C@H](CN1CCN(C)CC1)NS(=O)(=O)c1cccc2cnccc12. The van der Waals surface area contributed by atoms with Crippen molar-refractivity contribution in [2.75, 3.05) is 39.8 Å². The average Bonchev–Trinajstić information content (AvgIpc) is 2.56. The molecule has 0 aliphatic carbocycles. The lowest BCUT2D eigenvalue weighted by Crippen LogP contribution is -2.49. The van der Waals surface area contributed by atoms with E-state index in [2.05, 4.69) is 26.6 Å². The molecule has 0 radical (unpaired) electrons. The van der Waals surface area contributed by atoms with Crippen molar-refractivity contribution < 1.29 is 8.42 Å². The monoisotopic (exact) mass is 348 g/mol. The third-order valence-corrected chi connectivity index (χ3v) is 6.06. The molecule has 1 N–H and O–H groups in total. The number of pyridine rings is 1. The Kier molecular flexibility index (Phi) is 5.15. The fourth-order valence-electron chi connectivity index (χ4n) is 3.11. The van der Waals surface area contributed by atoms with Crippen LogP contribution in [0.3, 0.4) is 0 Å². The quantitative estimate of drug-likeness (QED) is 0.878.